The molecule has 0 radical (unpaired) electrons. The number of ketones is 1. The SMILES string of the molecule is CC(=O)O[C@H]1[C@H]2O[C@H]2C2=CC(=O)[C@]3(C[C@]2(C)[C@H]1C)O[C@]3(C)C(=O)O. The minimum atomic E-state index is -1.51. The summed E-state index contributed by atoms with van der Waals surface area (Å²) in [4.78, 5) is 35.6. The first-order chi connectivity index (χ1) is 11.1. The van der Waals surface area contributed by atoms with E-state index >= 15 is 0 Å². The fourth-order valence-electron chi connectivity index (χ4n) is 4.62. The van der Waals surface area contributed by atoms with Crippen molar-refractivity contribution in [1.82, 2.24) is 0 Å². The molecule has 2 aliphatic carbocycles. The molecule has 1 spiro atoms. The number of hydrogen-bond donors (Lipinski definition) is 1. The van der Waals surface area contributed by atoms with Gasteiger partial charge in [-0.2, -0.15) is 0 Å². The van der Waals surface area contributed by atoms with Crippen LogP contribution in [0.5, 0.6) is 0 Å². The number of carbonyl (C=O) groups is 3. The maximum Gasteiger partial charge on any atom is 0.339 e. The third kappa shape index (κ3) is 1.66. The lowest BCUT2D eigenvalue weighted by molar-refractivity contribution is -0.153. The van der Waals surface area contributed by atoms with Crippen LogP contribution < -0.4 is 0 Å². The number of aliphatic carboxylic acids is 1. The van der Waals surface area contributed by atoms with Gasteiger partial charge in [0.05, 0.1) is 0 Å². The molecule has 4 aliphatic rings. The van der Waals surface area contributed by atoms with Gasteiger partial charge in [0.25, 0.3) is 0 Å². The molecule has 7 nitrogen and oxygen atoms in total. The van der Waals surface area contributed by atoms with Gasteiger partial charge in [-0.25, -0.2) is 4.79 Å². The Morgan fingerprint density at radius 2 is 2.04 bits per heavy atom. The first kappa shape index (κ1) is 15.8. The normalized spacial score (nSPS) is 51.3. The summed E-state index contributed by atoms with van der Waals surface area (Å²) >= 11 is 0. The van der Waals surface area contributed by atoms with Crippen LogP contribution in [0.1, 0.15) is 34.1 Å². The van der Waals surface area contributed by atoms with E-state index in [0.717, 1.165) is 5.57 Å². The van der Waals surface area contributed by atoms with Crippen molar-refractivity contribution in [3.63, 3.8) is 0 Å². The first-order valence-electron chi connectivity index (χ1n) is 8.09. The lowest BCUT2D eigenvalue weighted by Gasteiger charge is -2.47. The number of carboxylic acid groups (broad SMARTS) is 1. The van der Waals surface area contributed by atoms with E-state index in [1.54, 1.807) is 0 Å². The van der Waals surface area contributed by atoms with Gasteiger partial charge in [-0.15, -0.1) is 0 Å². The molecule has 1 saturated carbocycles. The standard InChI is InChI=1S/C17H20O7/c1-7-11(22-8(2)18)13-12(23-13)9-5-10(19)17(6-15(7,9)3)16(4,24-17)14(20)21/h5,7,11-13H,6H2,1-4H3,(H,20,21)/t7-,11+,12-,13+,15+,16+,17-/m0/s1. The number of carbonyl (C=O) groups excluding carboxylic acids is 2. The van der Waals surface area contributed by atoms with Crippen molar-refractivity contribution < 1.29 is 33.7 Å². The molecule has 3 fully saturated rings. The van der Waals surface area contributed by atoms with E-state index in [4.69, 9.17) is 14.2 Å². The second kappa shape index (κ2) is 4.26. The largest absolute Gasteiger partial charge is 0.479 e. The Hall–Kier alpha value is -1.73. The zero-order chi connectivity index (χ0) is 17.7. The number of carboxylic acids is 1. The van der Waals surface area contributed by atoms with Crippen LogP contribution in [0.4, 0.5) is 0 Å². The fourth-order valence-corrected chi connectivity index (χ4v) is 4.62. The Morgan fingerprint density at radius 1 is 1.38 bits per heavy atom. The lowest BCUT2D eigenvalue weighted by Crippen LogP contribution is -2.54. The van der Waals surface area contributed by atoms with Crippen LogP contribution in [-0.4, -0.2) is 52.3 Å². The Kier molecular flexibility index (Phi) is 2.80. The number of rotatable bonds is 2. The van der Waals surface area contributed by atoms with Crippen molar-refractivity contribution >= 4 is 17.7 Å². The Balaban J connectivity index is 1.74. The maximum absolute atomic E-state index is 12.6. The van der Waals surface area contributed by atoms with E-state index in [0.29, 0.717) is 0 Å². The third-order valence-electron chi connectivity index (χ3n) is 6.43. The molecule has 2 heterocycles. The molecule has 0 amide bonds. The number of ether oxygens (including phenoxy) is 3. The molecule has 0 aromatic carbocycles. The van der Waals surface area contributed by atoms with Crippen LogP contribution >= 0.6 is 0 Å². The quantitative estimate of drug-likeness (QED) is 0.588. The van der Waals surface area contributed by atoms with Crippen LogP contribution in [0.2, 0.25) is 0 Å². The van der Waals surface area contributed by atoms with Gasteiger partial charge in [0.2, 0.25) is 0 Å². The van der Waals surface area contributed by atoms with E-state index in [2.05, 4.69) is 0 Å². The van der Waals surface area contributed by atoms with Crippen LogP contribution in [-0.2, 0) is 28.6 Å². The summed E-state index contributed by atoms with van der Waals surface area (Å²) in [5, 5.41) is 9.43. The predicted molar refractivity (Wildman–Crippen MR) is 79.0 cm³/mol. The number of hydrogen-bond acceptors (Lipinski definition) is 6. The summed E-state index contributed by atoms with van der Waals surface area (Å²) in [5.74, 6) is -1.95. The van der Waals surface area contributed by atoms with E-state index < -0.39 is 28.7 Å². The summed E-state index contributed by atoms with van der Waals surface area (Å²) in [6.07, 6.45) is 0.874. The predicted octanol–water partition coefficient (Wildman–Crippen LogP) is 0.853. The minimum Gasteiger partial charge on any atom is -0.479 e. The zero-order valence-electron chi connectivity index (χ0n) is 14.0. The number of epoxide rings is 2. The molecule has 0 aromatic rings. The Labute approximate surface area is 138 Å². The minimum absolute atomic E-state index is 0.122. The van der Waals surface area contributed by atoms with Gasteiger partial charge < -0.3 is 19.3 Å². The highest BCUT2D eigenvalue weighted by Gasteiger charge is 2.80. The average molecular weight is 336 g/mol. The van der Waals surface area contributed by atoms with Crippen LogP contribution in [0, 0.1) is 11.3 Å². The smallest absolute Gasteiger partial charge is 0.339 e. The van der Waals surface area contributed by atoms with Gasteiger partial charge in [0, 0.05) is 18.3 Å². The van der Waals surface area contributed by atoms with Crippen molar-refractivity contribution in [3.8, 4) is 0 Å². The summed E-state index contributed by atoms with van der Waals surface area (Å²) in [7, 11) is 0. The second-order valence-electron chi connectivity index (χ2n) is 7.71. The van der Waals surface area contributed by atoms with Gasteiger partial charge in [0.15, 0.2) is 17.0 Å². The van der Waals surface area contributed by atoms with Gasteiger partial charge in [-0.1, -0.05) is 13.8 Å². The molecule has 2 saturated heterocycles. The van der Waals surface area contributed by atoms with E-state index in [1.165, 1.54) is 19.9 Å². The van der Waals surface area contributed by atoms with Crippen molar-refractivity contribution in [2.24, 2.45) is 11.3 Å². The van der Waals surface area contributed by atoms with E-state index in [-0.39, 0.29) is 36.3 Å². The van der Waals surface area contributed by atoms with Crippen molar-refractivity contribution in [1.29, 1.82) is 0 Å². The Morgan fingerprint density at radius 3 is 2.58 bits per heavy atom. The topological polar surface area (TPSA) is 106 Å². The van der Waals surface area contributed by atoms with E-state index in [9.17, 15) is 19.5 Å². The lowest BCUT2D eigenvalue weighted by atomic mass is 9.56. The Bertz CT molecular complexity index is 712. The molecular weight excluding hydrogens is 316 g/mol. The summed E-state index contributed by atoms with van der Waals surface area (Å²) in [6.45, 7) is 6.71. The van der Waals surface area contributed by atoms with Gasteiger partial charge >= 0.3 is 11.9 Å². The van der Waals surface area contributed by atoms with Crippen molar-refractivity contribution in [2.45, 2.75) is 63.6 Å². The van der Waals surface area contributed by atoms with E-state index in [1.807, 2.05) is 13.8 Å². The number of fused-ring (bicyclic) bond motifs is 3. The van der Waals surface area contributed by atoms with Gasteiger partial charge in [0.1, 0.15) is 18.3 Å². The average Bonchev–Trinajstić information content (AvgIpc) is 3.36. The fraction of sp³-hybridized carbons (Fsp3) is 0.706. The van der Waals surface area contributed by atoms with Gasteiger partial charge in [-0.3, -0.25) is 9.59 Å². The molecular formula is C17H20O7. The molecule has 1 N–H and O–H groups in total. The summed E-state index contributed by atoms with van der Waals surface area (Å²) in [6, 6.07) is 0. The monoisotopic (exact) mass is 336 g/mol. The molecule has 7 heteroatoms. The molecule has 7 atom stereocenters. The maximum atomic E-state index is 12.6. The third-order valence-corrected chi connectivity index (χ3v) is 6.43. The van der Waals surface area contributed by atoms with Crippen LogP contribution in [0.15, 0.2) is 11.6 Å². The van der Waals surface area contributed by atoms with Crippen molar-refractivity contribution in [2.75, 3.05) is 0 Å². The summed E-state index contributed by atoms with van der Waals surface area (Å²) < 4.78 is 16.6. The molecule has 0 aromatic heterocycles. The van der Waals surface area contributed by atoms with Crippen molar-refractivity contribution in [3.05, 3.63) is 11.6 Å². The highest BCUT2D eigenvalue weighted by Crippen LogP contribution is 2.65. The summed E-state index contributed by atoms with van der Waals surface area (Å²) in [5.41, 5.74) is -2.51. The highest BCUT2D eigenvalue weighted by molar-refractivity contribution is 6.08. The molecule has 0 unspecified atom stereocenters. The highest BCUT2D eigenvalue weighted by atomic mass is 16.7. The van der Waals surface area contributed by atoms with Crippen LogP contribution in [0.3, 0.4) is 0 Å². The molecule has 2 aliphatic heterocycles. The first-order valence-corrected chi connectivity index (χ1v) is 8.09. The molecule has 0 bridgehead atoms. The zero-order valence-corrected chi connectivity index (χ0v) is 14.0. The van der Waals surface area contributed by atoms with Gasteiger partial charge in [-0.05, 0) is 25.0 Å². The molecule has 24 heavy (non-hydrogen) atoms. The molecule has 4 rings (SSSR count). The number of esters is 1. The second-order valence-corrected chi connectivity index (χ2v) is 7.71. The molecule has 130 valence electrons. The van der Waals surface area contributed by atoms with Crippen LogP contribution in [0.25, 0.3) is 0 Å².